The van der Waals surface area contributed by atoms with E-state index in [0.29, 0.717) is 16.3 Å². The van der Waals surface area contributed by atoms with Gasteiger partial charge in [-0.25, -0.2) is 0 Å². The predicted molar refractivity (Wildman–Crippen MR) is 57.9 cm³/mol. The van der Waals surface area contributed by atoms with Crippen LogP contribution in [0.1, 0.15) is 15.2 Å². The molecule has 1 heterocycles. The number of amides is 2. The molecule has 15 heavy (non-hydrogen) atoms. The topological polar surface area (TPSA) is 97.1 Å². The SMILES string of the molecule is CNC(=O)c1c(NC)nsc1CC(N)=O. The maximum absolute atomic E-state index is 11.5. The van der Waals surface area contributed by atoms with Crippen molar-refractivity contribution in [1.82, 2.24) is 9.69 Å². The Morgan fingerprint density at radius 2 is 2.13 bits per heavy atom. The third kappa shape index (κ3) is 2.44. The zero-order valence-electron chi connectivity index (χ0n) is 8.46. The molecule has 1 rings (SSSR count). The van der Waals surface area contributed by atoms with Crippen LogP contribution in [0.25, 0.3) is 0 Å². The Balaban J connectivity index is 3.10. The zero-order chi connectivity index (χ0) is 11.4. The maximum atomic E-state index is 11.5. The summed E-state index contributed by atoms with van der Waals surface area (Å²) in [4.78, 5) is 22.9. The van der Waals surface area contributed by atoms with Crippen molar-refractivity contribution in [2.24, 2.45) is 5.73 Å². The molecule has 0 aliphatic heterocycles. The van der Waals surface area contributed by atoms with E-state index in [1.807, 2.05) is 0 Å². The summed E-state index contributed by atoms with van der Waals surface area (Å²) in [6, 6.07) is 0. The Morgan fingerprint density at radius 3 is 2.60 bits per heavy atom. The van der Waals surface area contributed by atoms with Crippen LogP contribution in [0.15, 0.2) is 0 Å². The minimum absolute atomic E-state index is 0.0299. The summed E-state index contributed by atoms with van der Waals surface area (Å²) in [5.41, 5.74) is 5.47. The number of rotatable bonds is 4. The highest BCUT2D eigenvalue weighted by atomic mass is 32.1. The van der Waals surface area contributed by atoms with Crippen molar-refractivity contribution in [3.05, 3.63) is 10.4 Å². The molecule has 1 aromatic rings. The van der Waals surface area contributed by atoms with Crippen LogP contribution in [0.5, 0.6) is 0 Å². The van der Waals surface area contributed by atoms with E-state index in [1.54, 1.807) is 7.05 Å². The highest BCUT2D eigenvalue weighted by Crippen LogP contribution is 2.23. The predicted octanol–water partition coefficient (Wildman–Crippen LogP) is -0.428. The molecule has 1 aromatic heterocycles. The molecule has 7 heteroatoms. The molecular weight excluding hydrogens is 216 g/mol. The number of carbonyl (C=O) groups excluding carboxylic acids is 2. The Morgan fingerprint density at radius 1 is 1.47 bits per heavy atom. The fourth-order valence-corrected chi connectivity index (χ4v) is 2.00. The number of hydrogen-bond acceptors (Lipinski definition) is 5. The van der Waals surface area contributed by atoms with E-state index >= 15 is 0 Å². The van der Waals surface area contributed by atoms with Gasteiger partial charge in [0.15, 0.2) is 5.82 Å². The lowest BCUT2D eigenvalue weighted by molar-refractivity contribution is -0.117. The molecule has 4 N–H and O–H groups in total. The van der Waals surface area contributed by atoms with Gasteiger partial charge in [-0.15, -0.1) is 0 Å². The van der Waals surface area contributed by atoms with Crippen LogP contribution in [0.3, 0.4) is 0 Å². The van der Waals surface area contributed by atoms with E-state index in [2.05, 4.69) is 15.0 Å². The fraction of sp³-hybridized carbons (Fsp3) is 0.375. The van der Waals surface area contributed by atoms with E-state index in [0.717, 1.165) is 11.5 Å². The number of hydrogen-bond donors (Lipinski definition) is 3. The maximum Gasteiger partial charge on any atom is 0.255 e. The Kier molecular flexibility index (Phi) is 3.62. The smallest absolute Gasteiger partial charge is 0.255 e. The molecular formula is C8H12N4O2S. The second kappa shape index (κ2) is 4.74. The summed E-state index contributed by atoms with van der Waals surface area (Å²) in [6.07, 6.45) is 0.0299. The van der Waals surface area contributed by atoms with Gasteiger partial charge in [0.1, 0.15) is 0 Å². The van der Waals surface area contributed by atoms with Crippen LogP contribution >= 0.6 is 11.5 Å². The van der Waals surface area contributed by atoms with Gasteiger partial charge in [-0.05, 0) is 11.5 Å². The first-order valence-electron chi connectivity index (χ1n) is 4.26. The standard InChI is InChI=1S/C8H12N4O2S/c1-10-7-6(8(14)11-2)4(15-12-7)3-5(9)13/h3H2,1-2H3,(H2,9,13)(H,10,12)(H,11,14). The first kappa shape index (κ1) is 11.4. The van der Waals surface area contributed by atoms with Gasteiger partial charge in [0.25, 0.3) is 5.91 Å². The number of aromatic nitrogens is 1. The van der Waals surface area contributed by atoms with Crippen molar-refractivity contribution in [2.45, 2.75) is 6.42 Å². The van der Waals surface area contributed by atoms with Crippen LogP contribution in [-0.4, -0.2) is 30.3 Å². The highest BCUT2D eigenvalue weighted by Gasteiger charge is 2.20. The summed E-state index contributed by atoms with van der Waals surface area (Å²) in [7, 11) is 3.18. The molecule has 0 radical (unpaired) electrons. The van der Waals surface area contributed by atoms with Crippen LogP contribution in [0.2, 0.25) is 0 Å². The lowest BCUT2D eigenvalue weighted by Crippen LogP contribution is -2.21. The van der Waals surface area contributed by atoms with Crippen LogP contribution in [-0.2, 0) is 11.2 Å². The summed E-state index contributed by atoms with van der Waals surface area (Å²) in [5, 5.41) is 5.28. The molecule has 0 saturated carbocycles. The second-order valence-corrected chi connectivity index (χ2v) is 3.66. The molecule has 0 fully saturated rings. The number of nitrogens with zero attached hydrogens (tertiary/aromatic N) is 1. The van der Waals surface area contributed by atoms with Crippen molar-refractivity contribution in [2.75, 3.05) is 19.4 Å². The first-order valence-corrected chi connectivity index (χ1v) is 5.04. The van der Waals surface area contributed by atoms with Crippen molar-refractivity contribution in [3.63, 3.8) is 0 Å². The van der Waals surface area contributed by atoms with Gasteiger partial charge in [0.05, 0.1) is 12.0 Å². The zero-order valence-corrected chi connectivity index (χ0v) is 9.27. The van der Waals surface area contributed by atoms with E-state index in [4.69, 9.17) is 5.73 Å². The molecule has 2 amide bonds. The average Bonchev–Trinajstić information content (AvgIpc) is 2.58. The summed E-state index contributed by atoms with van der Waals surface area (Å²) in [6.45, 7) is 0. The minimum Gasteiger partial charge on any atom is -0.372 e. The molecule has 0 bridgehead atoms. The lowest BCUT2D eigenvalue weighted by Gasteiger charge is -2.02. The van der Waals surface area contributed by atoms with Gasteiger partial charge in [-0.2, -0.15) is 4.37 Å². The number of nitrogens with one attached hydrogen (secondary N) is 2. The van der Waals surface area contributed by atoms with Gasteiger partial charge in [-0.3, -0.25) is 9.59 Å². The summed E-state index contributed by atoms with van der Waals surface area (Å²) >= 11 is 1.10. The molecule has 0 aromatic carbocycles. The van der Waals surface area contributed by atoms with Gasteiger partial charge < -0.3 is 16.4 Å². The lowest BCUT2D eigenvalue weighted by atomic mass is 10.2. The van der Waals surface area contributed by atoms with Gasteiger partial charge in [-0.1, -0.05) is 0 Å². The monoisotopic (exact) mass is 228 g/mol. The van der Waals surface area contributed by atoms with Gasteiger partial charge >= 0.3 is 0 Å². The van der Waals surface area contributed by atoms with Crippen molar-refractivity contribution in [1.29, 1.82) is 0 Å². The number of carbonyl (C=O) groups is 2. The van der Waals surface area contributed by atoms with Crippen LogP contribution in [0.4, 0.5) is 5.82 Å². The molecule has 0 unspecified atom stereocenters. The van der Waals surface area contributed by atoms with E-state index < -0.39 is 5.91 Å². The van der Waals surface area contributed by atoms with Gasteiger partial charge in [0.2, 0.25) is 5.91 Å². The average molecular weight is 228 g/mol. The second-order valence-electron chi connectivity index (χ2n) is 2.80. The third-order valence-corrected chi connectivity index (χ3v) is 2.63. The van der Waals surface area contributed by atoms with E-state index in [9.17, 15) is 9.59 Å². The molecule has 0 saturated heterocycles. The number of anilines is 1. The fourth-order valence-electron chi connectivity index (χ4n) is 1.13. The molecule has 82 valence electrons. The van der Waals surface area contributed by atoms with Crippen molar-refractivity contribution >= 4 is 29.2 Å². The quantitative estimate of drug-likeness (QED) is 0.651. The summed E-state index contributed by atoms with van der Waals surface area (Å²) in [5.74, 6) is -0.286. The normalized spacial score (nSPS) is 9.73. The van der Waals surface area contributed by atoms with Crippen LogP contribution in [0, 0.1) is 0 Å². The molecule has 0 aliphatic rings. The van der Waals surface area contributed by atoms with Crippen LogP contribution < -0.4 is 16.4 Å². The van der Waals surface area contributed by atoms with E-state index in [-0.39, 0.29) is 12.3 Å². The molecule has 0 spiro atoms. The Labute approximate surface area is 91.0 Å². The van der Waals surface area contributed by atoms with E-state index in [1.165, 1.54) is 7.05 Å². The van der Waals surface area contributed by atoms with Gasteiger partial charge in [0, 0.05) is 19.0 Å². The molecule has 0 atom stereocenters. The largest absolute Gasteiger partial charge is 0.372 e. The third-order valence-electron chi connectivity index (χ3n) is 1.79. The molecule has 0 aliphatic carbocycles. The Hall–Kier alpha value is -1.63. The summed E-state index contributed by atoms with van der Waals surface area (Å²) < 4.78 is 4.02. The first-order chi connectivity index (χ1) is 7.10. The number of nitrogens with two attached hydrogens (primary N) is 1. The Bertz CT molecular complexity index is 388. The van der Waals surface area contributed by atoms with Crippen molar-refractivity contribution in [3.8, 4) is 0 Å². The molecule has 6 nitrogen and oxygen atoms in total. The van der Waals surface area contributed by atoms with Crippen molar-refractivity contribution < 1.29 is 9.59 Å². The highest BCUT2D eigenvalue weighted by molar-refractivity contribution is 7.06. The minimum atomic E-state index is -0.480. The number of primary amides is 1.